The maximum absolute atomic E-state index is 13.4. The largest absolute Gasteiger partial charge is 0.496 e. The number of fused-ring (bicyclic) bond motifs is 1. The van der Waals surface area contributed by atoms with Crippen LogP contribution in [0.4, 0.5) is 0 Å². The highest BCUT2D eigenvalue weighted by Crippen LogP contribution is 2.34. The molecular weight excluding hydrogens is 452 g/mol. The van der Waals surface area contributed by atoms with Gasteiger partial charge in [0.05, 0.1) is 14.2 Å². The standard InChI is InChI=1S/C25H32N4O6/c1-25(24(33)35-3,13-15-9-10-26-21(15)30)29-23(32)18(11-14-7-8-14)28-22(31)19-12-16-17(27-19)5-4-6-20(16)34-2/h4-6,12,14-15,18,27H,7-11,13H2,1-3H3,(H,26,30)(H,28,31)(H,29,32)/t15?,18-,25-/m0/s1. The van der Waals surface area contributed by atoms with Crippen LogP contribution in [0.5, 0.6) is 5.75 Å². The van der Waals surface area contributed by atoms with Crippen LogP contribution in [0.1, 0.15) is 49.5 Å². The van der Waals surface area contributed by atoms with Crippen molar-refractivity contribution in [3.8, 4) is 5.75 Å². The lowest BCUT2D eigenvalue weighted by Gasteiger charge is -2.31. The van der Waals surface area contributed by atoms with E-state index in [1.54, 1.807) is 26.2 Å². The van der Waals surface area contributed by atoms with Gasteiger partial charge in [-0.15, -0.1) is 0 Å². The summed E-state index contributed by atoms with van der Waals surface area (Å²) in [6, 6.07) is 6.31. The number of carbonyl (C=O) groups is 4. The van der Waals surface area contributed by atoms with E-state index in [4.69, 9.17) is 9.47 Å². The summed E-state index contributed by atoms with van der Waals surface area (Å²) in [5, 5.41) is 9.13. The van der Waals surface area contributed by atoms with Crippen LogP contribution in [0.15, 0.2) is 24.3 Å². The number of hydrogen-bond donors (Lipinski definition) is 4. The zero-order valence-corrected chi connectivity index (χ0v) is 20.2. The van der Waals surface area contributed by atoms with Crippen molar-refractivity contribution in [3.63, 3.8) is 0 Å². The number of aromatic amines is 1. The highest BCUT2D eigenvalue weighted by molar-refractivity contribution is 6.02. The van der Waals surface area contributed by atoms with E-state index in [1.807, 2.05) is 12.1 Å². The third kappa shape index (κ3) is 5.41. The molecule has 1 saturated heterocycles. The molecule has 0 bridgehead atoms. The molecule has 1 saturated carbocycles. The number of carbonyl (C=O) groups excluding carboxylic acids is 4. The molecule has 0 spiro atoms. The number of rotatable bonds is 10. The molecular formula is C25H32N4O6. The average molecular weight is 485 g/mol. The van der Waals surface area contributed by atoms with Crippen LogP contribution in [-0.4, -0.2) is 61.0 Å². The van der Waals surface area contributed by atoms with E-state index in [0.717, 1.165) is 23.7 Å². The first-order chi connectivity index (χ1) is 16.7. The van der Waals surface area contributed by atoms with Crippen LogP contribution < -0.4 is 20.7 Å². The van der Waals surface area contributed by atoms with Gasteiger partial charge in [-0.1, -0.05) is 18.9 Å². The number of methoxy groups -OCH3 is 2. The Hall–Kier alpha value is -3.56. The highest BCUT2D eigenvalue weighted by atomic mass is 16.5. The van der Waals surface area contributed by atoms with Gasteiger partial charge in [-0.3, -0.25) is 14.4 Å². The van der Waals surface area contributed by atoms with E-state index in [-0.39, 0.29) is 12.3 Å². The van der Waals surface area contributed by atoms with Crippen molar-refractivity contribution in [2.45, 2.75) is 50.6 Å². The fourth-order valence-corrected chi connectivity index (χ4v) is 4.68. The van der Waals surface area contributed by atoms with Crippen molar-refractivity contribution in [1.29, 1.82) is 0 Å². The predicted molar refractivity (Wildman–Crippen MR) is 128 cm³/mol. The first-order valence-electron chi connectivity index (χ1n) is 11.9. The highest BCUT2D eigenvalue weighted by Gasteiger charge is 2.43. The van der Waals surface area contributed by atoms with Crippen LogP contribution in [-0.2, 0) is 19.1 Å². The van der Waals surface area contributed by atoms with Crippen LogP contribution >= 0.6 is 0 Å². The van der Waals surface area contributed by atoms with Crippen LogP contribution in [0, 0.1) is 11.8 Å². The minimum absolute atomic E-state index is 0.114. The lowest BCUT2D eigenvalue weighted by Crippen LogP contribution is -2.59. The molecule has 10 heteroatoms. The SMILES string of the molecule is COC(=O)[C@](C)(CC1CCNC1=O)NC(=O)[C@H](CC1CC1)NC(=O)c1cc2c(OC)cccc2[nH]1. The van der Waals surface area contributed by atoms with Gasteiger partial charge < -0.3 is 30.4 Å². The van der Waals surface area contributed by atoms with Gasteiger partial charge in [0.15, 0.2) is 0 Å². The van der Waals surface area contributed by atoms with Crippen LogP contribution in [0.2, 0.25) is 0 Å². The minimum atomic E-state index is -1.40. The second-order valence-electron chi connectivity index (χ2n) is 9.60. The fourth-order valence-electron chi connectivity index (χ4n) is 4.68. The second-order valence-corrected chi connectivity index (χ2v) is 9.60. The van der Waals surface area contributed by atoms with Crippen LogP contribution in [0.3, 0.4) is 0 Å². The number of ether oxygens (including phenoxy) is 2. The Morgan fingerprint density at radius 3 is 2.60 bits per heavy atom. The summed E-state index contributed by atoms with van der Waals surface area (Å²) in [6.07, 6.45) is 3.12. The van der Waals surface area contributed by atoms with Gasteiger partial charge in [0.2, 0.25) is 11.8 Å². The van der Waals surface area contributed by atoms with Crippen molar-refractivity contribution in [2.75, 3.05) is 20.8 Å². The molecule has 3 amide bonds. The molecule has 2 fully saturated rings. The monoisotopic (exact) mass is 484 g/mol. The van der Waals surface area contributed by atoms with E-state index in [9.17, 15) is 19.2 Å². The maximum atomic E-state index is 13.4. The van der Waals surface area contributed by atoms with E-state index in [0.29, 0.717) is 36.7 Å². The Labute approximate surface area is 203 Å². The molecule has 2 heterocycles. The van der Waals surface area contributed by atoms with Gasteiger partial charge in [0.25, 0.3) is 5.91 Å². The summed E-state index contributed by atoms with van der Waals surface area (Å²) >= 11 is 0. The number of amides is 3. The van der Waals surface area contributed by atoms with E-state index >= 15 is 0 Å². The number of hydrogen-bond acceptors (Lipinski definition) is 6. The van der Waals surface area contributed by atoms with Gasteiger partial charge in [-0.2, -0.15) is 0 Å². The molecule has 10 nitrogen and oxygen atoms in total. The van der Waals surface area contributed by atoms with E-state index < -0.39 is 35.3 Å². The van der Waals surface area contributed by atoms with Crippen molar-refractivity contribution in [3.05, 3.63) is 30.0 Å². The molecule has 4 rings (SSSR count). The Balaban J connectivity index is 1.52. The number of esters is 1. The first kappa shape index (κ1) is 24.6. The lowest BCUT2D eigenvalue weighted by molar-refractivity contribution is -0.151. The summed E-state index contributed by atoms with van der Waals surface area (Å²) in [4.78, 5) is 54.3. The third-order valence-electron chi connectivity index (χ3n) is 6.83. The number of H-pyrrole nitrogens is 1. The van der Waals surface area contributed by atoms with Gasteiger partial charge in [0, 0.05) is 23.4 Å². The summed E-state index contributed by atoms with van der Waals surface area (Å²) < 4.78 is 10.3. The molecule has 35 heavy (non-hydrogen) atoms. The summed E-state index contributed by atoms with van der Waals surface area (Å²) in [5.74, 6) is -1.13. The molecule has 3 atom stereocenters. The zero-order valence-electron chi connectivity index (χ0n) is 20.2. The molecule has 4 N–H and O–H groups in total. The number of benzene rings is 1. The second kappa shape index (κ2) is 9.97. The lowest BCUT2D eigenvalue weighted by atomic mass is 9.87. The predicted octanol–water partition coefficient (Wildman–Crippen LogP) is 1.65. The Morgan fingerprint density at radius 2 is 1.97 bits per heavy atom. The Morgan fingerprint density at radius 1 is 1.20 bits per heavy atom. The molecule has 0 radical (unpaired) electrons. The molecule has 1 aromatic carbocycles. The average Bonchev–Trinajstić information content (AvgIpc) is 3.40. The summed E-state index contributed by atoms with van der Waals surface area (Å²) in [7, 11) is 2.81. The van der Waals surface area contributed by atoms with Gasteiger partial charge in [-0.25, -0.2) is 4.79 Å². The maximum Gasteiger partial charge on any atom is 0.331 e. The molecule has 188 valence electrons. The Bertz CT molecular complexity index is 1140. The Kier molecular flexibility index (Phi) is 7.00. The molecule has 1 unspecified atom stereocenters. The van der Waals surface area contributed by atoms with Gasteiger partial charge in [-0.05, 0) is 50.3 Å². The fraction of sp³-hybridized carbons (Fsp3) is 0.520. The topological polar surface area (TPSA) is 139 Å². The van der Waals surface area contributed by atoms with Crippen LogP contribution in [0.25, 0.3) is 10.9 Å². The van der Waals surface area contributed by atoms with Gasteiger partial charge in [0.1, 0.15) is 23.0 Å². The third-order valence-corrected chi connectivity index (χ3v) is 6.83. The summed E-state index contributed by atoms with van der Waals surface area (Å²) in [5.41, 5.74) is -0.360. The quantitative estimate of drug-likeness (QED) is 0.378. The molecule has 1 aromatic heterocycles. The minimum Gasteiger partial charge on any atom is -0.496 e. The molecule has 2 aliphatic rings. The van der Waals surface area contributed by atoms with Gasteiger partial charge >= 0.3 is 5.97 Å². The zero-order chi connectivity index (χ0) is 25.2. The van der Waals surface area contributed by atoms with Crippen molar-refractivity contribution >= 4 is 34.6 Å². The van der Waals surface area contributed by atoms with E-state index in [1.165, 1.54) is 7.11 Å². The number of aromatic nitrogens is 1. The van der Waals surface area contributed by atoms with Crippen molar-refractivity contribution in [1.82, 2.24) is 20.9 Å². The molecule has 1 aliphatic carbocycles. The van der Waals surface area contributed by atoms with Crippen molar-refractivity contribution in [2.24, 2.45) is 11.8 Å². The van der Waals surface area contributed by atoms with Crippen molar-refractivity contribution < 1.29 is 28.7 Å². The van der Waals surface area contributed by atoms with E-state index in [2.05, 4.69) is 20.9 Å². The molecule has 2 aromatic rings. The normalized spacial score (nSPS) is 20.0. The molecule has 1 aliphatic heterocycles. The smallest absolute Gasteiger partial charge is 0.331 e. The summed E-state index contributed by atoms with van der Waals surface area (Å²) in [6.45, 7) is 2.09. The number of nitrogens with one attached hydrogen (secondary N) is 4. The first-order valence-corrected chi connectivity index (χ1v) is 11.9.